The van der Waals surface area contributed by atoms with E-state index >= 15 is 0 Å². The Morgan fingerprint density at radius 2 is 2.00 bits per heavy atom. The van der Waals surface area contributed by atoms with E-state index in [0.29, 0.717) is 38.1 Å². The second-order valence-corrected chi connectivity index (χ2v) is 6.35. The second-order valence-electron chi connectivity index (χ2n) is 6.35. The van der Waals surface area contributed by atoms with Gasteiger partial charge in [0.1, 0.15) is 0 Å². The van der Waals surface area contributed by atoms with Crippen molar-refractivity contribution in [3.63, 3.8) is 0 Å². The van der Waals surface area contributed by atoms with Crippen LogP contribution in [0.25, 0.3) is 0 Å². The summed E-state index contributed by atoms with van der Waals surface area (Å²) in [5.41, 5.74) is 1.52. The molecule has 3 rings (SSSR count). The largest absolute Gasteiger partial charge is 0.450 e. The molecule has 0 spiro atoms. The zero-order chi connectivity index (χ0) is 17.8. The molecule has 3 amide bonds. The number of benzene rings is 1. The second kappa shape index (κ2) is 7.55. The van der Waals surface area contributed by atoms with Gasteiger partial charge in [-0.3, -0.25) is 9.59 Å². The van der Waals surface area contributed by atoms with Gasteiger partial charge < -0.3 is 20.3 Å². The zero-order valence-corrected chi connectivity index (χ0v) is 14.3. The Balaban J connectivity index is 1.48. The van der Waals surface area contributed by atoms with Crippen molar-refractivity contribution in [1.82, 2.24) is 15.5 Å². The first-order valence-corrected chi connectivity index (χ1v) is 8.69. The third kappa shape index (κ3) is 3.92. The predicted molar refractivity (Wildman–Crippen MR) is 91.0 cm³/mol. The number of hydrogen-bond donors (Lipinski definition) is 2. The molecule has 1 saturated heterocycles. The summed E-state index contributed by atoms with van der Waals surface area (Å²) in [5, 5.41) is 5.87. The van der Waals surface area contributed by atoms with Gasteiger partial charge in [0.25, 0.3) is 5.91 Å². The van der Waals surface area contributed by atoms with Gasteiger partial charge in [-0.25, -0.2) is 4.79 Å². The summed E-state index contributed by atoms with van der Waals surface area (Å²) in [6.07, 6.45) is 1.34. The Hall–Kier alpha value is -2.57. The summed E-state index contributed by atoms with van der Waals surface area (Å²) in [5.74, 6) is -0.215. The number of carbonyl (C=O) groups is 3. The predicted octanol–water partition coefficient (Wildman–Crippen LogP) is 1.60. The number of piperidine rings is 1. The van der Waals surface area contributed by atoms with Crippen LogP contribution < -0.4 is 10.6 Å². The molecule has 2 aliphatic heterocycles. The highest BCUT2D eigenvalue weighted by atomic mass is 16.6. The molecule has 0 saturated carbocycles. The molecule has 25 heavy (non-hydrogen) atoms. The van der Waals surface area contributed by atoms with Crippen LogP contribution in [0.3, 0.4) is 0 Å². The topological polar surface area (TPSA) is 87.7 Å². The fourth-order valence-electron chi connectivity index (χ4n) is 3.38. The lowest BCUT2D eigenvalue weighted by Gasteiger charge is -2.31. The minimum absolute atomic E-state index is 0.0468. The summed E-state index contributed by atoms with van der Waals surface area (Å²) in [4.78, 5) is 37.6. The lowest BCUT2D eigenvalue weighted by atomic mass is 10.0. The van der Waals surface area contributed by atoms with Gasteiger partial charge in [0, 0.05) is 24.7 Å². The fourth-order valence-corrected chi connectivity index (χ4v) is 3.38. The van der Waals surface area contributed by atoms with Crippen molar-refractivity contribution in [3.05, 3.63) is 35.4 Å². The quantitative estimate of drug-likeness (QED) is 0.868. The summed E-state index contributed by atoms with van der Waals surface area (Å²) in [6, 6.07) is 7.11. The molecule has 7 nitrogen and oxygen atoms in total. The van der Waals surface area contributed by atoms with E-state index in [1.165, 1.54) is 0 Å². The highest BCUT2D eigenvalue weighted by molar-refractivity contribution is 5.99. The molecule has 134 valence electrons. The molecule has 0 unspecified atom stereocenters. The number of hydrogen-bond acceptors (Lipinski definition) is 4. The van der Waals surface area contributed by atoms with Crippen LogP contribution in [0.1, 0.15) is 48.1 Å². The number of ether oxygens (including phenoxy) is 1. The summed E-state index contributed by atoms with van der Waals surface area (Å²) < 4.78 is 4.99. The average molecular weight is 345 g/mol. The van der Waals surface area contributed by atoms with Gasteiger partial charge in [-0.1, -0.05) is 18.2 Å². The lowest BCUT2D eigenvalue weighted by molar-refractivity contribution is -0.122. The maximum Gasteiger partial charge on any atom is 0.409 e. The molecular weight excluding hydrogens is 322 g/mol. The van der Waals surface area contributed by atoms with Crippen molar-refractivity contribution >= 4 is 17.9 Å². The van der Waals surface area contributed by atoms with Crippen LogP contribution in [0.4, 0.5) is 4.79 Å². The molecule has 1 aromatic rings. The van der Waals surface area contributed by atoms with E-state index in [1.807, 2.05) is 18.2 Å². The highest BCUT2D eigenvalue weighted by Gasteiger charge is 2.30. The SMILES string of the molecule is CCOC(=O)N1CCC(NC(=O)C[C@H]2NC(=O)c3ccccc32)CC1. The molecule has 0 radical (unpaired) electrons. The number of nitrogens with zero attached hydrogens (tertiary/aromatic N) is 1. The summed E-state index contributed by atoms with van der Waals surface area (Å²) >= 11 is 0. The third-order valence-electron chi connectivity index (χ3n) is 4.66. The first-order valence-electron chi connectivity index (χ1n) is 8.69. The lowest BCUT2D eigenvalue weighted by Crippen LogP contribution is -2.47. The zero-order valence-electron chi connectivity index (χ0n) is 14.3. The first kappa shape index (κ1) is 17.3. The highest BCUT2D eigenvalue weighted by Crippen LogP contribution is 2.27. The van der Waals surface area contributed by atoms with Gasteiger partial charge in [0.05, 0.1) is 19.1 Å². The number of rotatable bonds is 4. The van der Waals surface area contributed by atoms with E-state index in [9.17, 15) is 14.4 Å². The van der Waals surface area contributed by atoms with E-state index in [0.717, 1.165) is 5.56 Å². The van der Waals surface area contributed by atoms with Gasteiger partial charge in [-0.2, -0.15) is 0 Å². The molecule has 2 heterocycles. The minimum Gasteiger partial charge on any atom is -0.450 e. The van der Waals surface area contributed by atoms with E-state index in [-0.39, 0.29) is 36.4 Å². The Morgan fingerprint density at radius 3 is 2.72 bits per heavy atom. The molecular formula is C18H23N3O4. The Labute approximate surface area is 146 Å². The molecule has 0 aliphatic carbocycles. The minimum atomic E-state index is -0.294. The van der Waals surface area contributed by atoms with Gasteiger partial charge >= 0.3 is 6.09 Å². The summed E-state index contributed by atoms with van der Waals surface area (Å²) in [7, 11) is 0. The van der Waals surface area contributed by atoms with Gasteiger partial charge in [-0.15, -0.1) is 0 Å². The van der Waals surface area contributed by atoms with E-state index < -0.39 is 0 Å². The fraction of sp³-hybridized carbons (Fsp3) is 0.500. The van der Waals surface area contributed by atoms with Gasteiger partial charge in [0.15, 0.2) is 0 Å². The molecule has 0 aromatic heterocycles. The van der Waals surface area contributed by atoms with Crippen molar-refractivity contribution in [3.8, 4) is 0 Å². The van der Waals surface area contributed by atoms with Crippen molar-refractivity contribution in [1.29, 1.82) is 0 Å². The van der Waals surface area contributed by atoms with E-state index in [2.05, 4.69) is 10.6 Å². The molecule has 1 atom stereocenters. The van der Waals surface area contributed by atoms with Crippen LogP contribution >= 0.6 is 0 Å². The number of amides is 3. The van der Waals surface area contributed by atoms with Crippen molar-refractivity contribution < 1.29 is 19.1 Å². The van der Waals surface area contributed by atoms with Crippen LogP contribution in [0.15, 0.2) is 24.3 Å². The maximum absolute atomic E-state index is 12.3. The Kier molecular flexibility index (Phi) is 5.21. The van der Waals surface area contributed by atoms with E-state index in [1.54, 1.807) is 17.9 Å². The van der Waals surface area contributed by atoms with E-state index in [4.69, 9.17) is 4.74 Å². The number of nitrogens with one attached hydrogen (secondary N) is 2. The Morgan fingerprint density at radius 1 is 1.28 bits per heavy atom. The first-order chi connectivity index (χ1) is 12.1. The molecule has 1 fully saturated rings. The maximum atomic E-state index is 12.3. The average Bonchev–Trinajstić information content (AvgIpc) is 2.92. The van der Waals surface area contributed by atoms with Gasteiger partial charge in [-0.05, 0) is 31.4 Å². The molecule has 0 bridgehead atoms. The van der Waals surface area contributed by atoms with Crippen LogP contribution in [-0.4, -0.2) is 48.5 Å². The molecule has 7 heteroatoms. The van der Waals surface area contributed by atoms with Crippen LogP contribution in [0.2, 0.25) is 0 Å². The normalized spacial score (nSPS) is 20.0. The van der Waals surface area contributed by atoms with Crippen molar-refractivity contribution in [2.24, 2.45) is 0 Å². The monoisotopic (exact) mass is 345 g/mol. The smallest absolute Gasteiger partial charge is 0.409 e. The standard InChI is InChI=1S/C18H23N3O4/c1-2-25-18(24)21-9-7-12(8-10-21)19-16(22)11-15-13-5-3-4-6-14(13)17(23)20-15/h3-6,12,15H,2,7-11H2,1H3,(H,19,22)(H,20,23)/t15-/m1/s1. The van der Waals surface area contributed by atoms with Crippen LogP contribution in [0.5, 0.6) is 0 Å². The van der Waals surface area contributed by atoms with Crippen LogP contribution in [0, 0.1) is 0 Å². The van der Waals surface area contributed by atoms with Gasteiger partial charge in [0.2, 0.25) is 5.91 Å². The van der Waals surface area contributed by atoms with Crippen molar-refractivity contribution in [2.75, 3.05) is 19.7 Å². The number of likely N-dealkylation sites (tertiary alicyclic amines) is 1. The number of fused-ring (bicyclic) bond motifs is 1. The third-order valence-corrected chi connectivity index (χ3v) is 4.66. The molecule has 2 N–H and O–H groups in total. The Bertz CT molecular complexity index is 668. The summed E-state index contributed by atoms with van der Waals surface area (Å²) in [6.45, 7) is 3.30. The van der Waals surface area contributed by atoms with Crippen LogP contribution in [-0.2, 0) is 9.53 Å². The van der Waals surface area contributed by atoms with Crippen molar-refractivity contribution in [2.45, 2.75) is 38.3 Å². The molecule has 1 aromatic carbocycles. The number of carbonyl (C=O) groups excluding carboxylic acids is 3. The molecule has 2 aliphatic rings.